The number of hydrogen-bond acceptors (Lipinski definition) is 3. The molecule has 2 aromatic carbocycles. The molecular formula is C23H28O3. The van der Waals surface area contributed by atoms with Gasteiger partial charge in [0.05, 0.1) is 0 Å². The Balaban J connectivity index is 1.87. The van der Waals surface area contributed by atoms with Crippen LogP contribution in [0.2, 0.25) is 0 Å². The lowest BCUT2D eigenvalue weighted by molar-refractivity contribution is 0.306. The lowest BCUT2D eigenvalue weighted by Crippen LogP contribution is -2.22. The maximum absolute atomic E-state index is 10.6. The summed E-state index contributed by atoms with van der Waals surface area (Å²) < 4.78 is 6.21. The Hall–Kier alpha value is -2.16. The van der Waals surface area contributed by atoms with Crippen LogP contribution in [0.15, 0.2) is 30.3 Å². The summed E-state index contributed by atoms with van der Waals surface area (Å²) in [5.41, 5.74) is 3.27. The molecule has 1 aliphatic carbocycles. The first-order valence-corrected chi connectivity index (χ1v) is 10.0. The number of aromatic hydroxyl groups is 2. The smallest absolute Gasteiger partial charge is 0.131 e. The molecule has 138 valence electrons. The van der Waals surface area contributed by atoms with Crippen LogP contribution in [0.4, 0.5) is 0 Å². The van der Waals surface area contributed by atoms with E-state index in [9.17, 15) is 10.2 Å². The Kier molecular flexibility index (Phi) is 4.80. The van der Waals surface area contributed by atoms with Crippen LogP contribution in [-0.4, -0.2) is 10.2 Å². The molecule has 1 fully saturated rings. The Bertz CT molecular complexity index is 790. The van der Waals surface area contributed by atoms with Crippen LogP contribution < -0.4 is 4.74 Å². The zero-order valence-corrected chi connectivity index (χ0v) is 15.5. The van der Waals surface area contributed by atoms with Gasteiger partial charge in [0.1, 0.15) is 23.0 Å². The summed E-state index contributed by atoms with van der Waals surface area (Å²) in [5, 5.41) is 20.7. The van der Waals surface area contributed by atoms with Gasteiger partial charge in [-0.05, 0) is 61.9 Å². The van der Waals surface area contributed by atoms with Crippen LogP contribution in [0, 0.1) is 5.92 Å². The molecule has 0 radical (unpaired) electrons. The first-order valence-electron chi connectivity index (χ1n) is 10.0. The predicted molar refractivity (Wildman–Crippen MR) is 103 cm³/mol. The highest BCUT2D eigenvalue weighted by Crippen LogP contribution is 2.53. The van der Waals surface area contributed by atoms with E-state index in [2.05, 4.69) is 6.92 Å². The molecule has 3 heteroatoms. The molecule has 26 heavy (non-hydrogen) atoms. The highest BCUT2D eigenvalue weighted by molar-refractivity contribution is 5.60. The first-order chi connectivity index (χ1) is 12.7. The van der Waals surface area contributed by atoms with Crippen molar-refractivity contribution in [3.8, 4) is 23.0 Å². The molecule has 1 heterocycles. The third kappa shape index (κ3) is 3.04. The molecule has 4 rings (SSSR count). The fraction of sp³-hybridized carbons (Fsp3) is 0.478. The Morgan fingerprint density at radius 1 is 1.00 bits per heavy atom. The zero-order chi connectivity index (χ0) is 18.1. The van der Waals surface area contributed by atoms with Crippen LogP contribution >= 0.6 is 0 Å². The molecule has 0 aromatic heterocycles. The monoisotopic (exact) mass is 352 g/mol. The standard InChI is InChI=1S/C23H28O3/c1-2-3-9-17-19(25)11-13-21-23(17)22(15-7-5-4-6-8-15)18-14-16(24)10-12-20(18)26-21/h10-15,22,24-25H,2-9H2,1H3. The summed E-state index contributed by atoms with van der Waals surface area (Å²) in [5.74, 6) is 3.12. The van der Waals surface area contributed by atoms with Crippen LogP contribution in [0.5, 0.6) is 23.0 Å². The third-order valence-corrected chi connectivity index (χ3v) is 6.05. The minimum Gasteiger partial charge on any atom is -0.508 e. The molecule has 2 N–H and O–H groups in total. The van der Waals surface area contributed by atoms with Crippen molar-refractivity contribution in [3.05, 3.63) is 47.0 Å². The second-order valence-corrected chi connectivity index (χ2v) is 7.78. The van der Waals surface area contributed by atoms with Crippen LogP contribution in [0.25, 0.3) is 0 Å². The van der Waals surface area contributed by atoms with Crippen molar-refractivity contribution in [2.45, 2.75) is 64.2 Å². The summed E-state index contributed by atoms with van der Waals surface area (Å²) in [6.45, 7) is 2.18. The number of unbranched alkanes of at least 4 members (excludes halogenated alkanes) is 1. The van der Waals surface area contributed by atoms with E-state index in [0.717, 1.165) is 47.5 Å². The average Bonchev–Trinajstić information content (AvgIpc) is 2.66. The second kappa shape index (κ2) is 7.22. The molecule has 1 atom stereocenters. The van der Waals surface area contributed by atoms with E-state index in [1.165, 1.54) is 32.1 Å². The Morgan fingerprint density at radius 2 is 1.77 bits per heavy atom. The molecule has 0 saturated heterocycles. The summed E-state index contributed by atoms with van der Waals surface area (Å²) >= 11 is 0. The second-order valence-electron chi connectivity index (χ2n) is 7.78. The molecule has 1 saturated carbocycles. The predicted octanol–water partition coefficient (Wildman–Crippen LogP) is 6.26. The van der Waals surface area contributed by atoms with Gasteiger partial charge in [0.25, 0.3) is 0 Å². The lowest BCUT2D eigenvalue weighted by Gasteiger charge is -2.37. The fourth-order valence-electron chi connectivity index (χ4n) is 4.78. The van der Waals surface area contributed by atoms with Crippen molar-refractivity contribution >= 4 is 0 Å². The largest absolute Gasteiger partial charge is 0.508 e. The minimum atomic E-state index is 0.195. The third-order valence-electron chi connectivity index (χ3n) is 6.05. The Labute approximate surface area is 155 Å². The highest BCUT2D eigenvalue weighted by Gasteiger charge is 2.36. The summed E-state index contributed by atoms with van der Waals surface area (Å²) in [7, 11) is 0. The van der Waals surface area contributed by atoms with E-state index >= 15 is 0 Å². The number of fused-ring (bicyclic) bond motifs is 2. The van der Waals surface area contributed by atoms with Gasteiger partial charge >= 0.3 is 0 Å². The van der Waals surface area contributed by atoms with Crippen molar-refractivity contribution in [3.63, 3.8) is 0 Å². The van der Waals surface area contributed by atoms with Crippen molar-refractivity contribution in [1.82, 2.24) is 0 Å². The topological polar surface area (TPSA) is 49.7 Å². The van der Waals surface area contributed by atoms with Gasteiger partial charge in [0.2, 0.25) is 0 Å². The van der Waals surface area contributed by atoms with E-state index < -0.39 is 0 Å². The maximum Gasteiger partial charge on any atom is 0.131 e. The molecule has 3 nitrogen and oxygen atoms in total. The van der Waals surface area contributed by atoms with E-state index in [4.69, 9.17) is 4.74 Å². The van der Waals surface area contributed by atoms with Gasteiger partial charge in [-0.15, -0.1) is 0 Å². The van der Waals surface area contributed by atoms with E-state index in [0.29, 0.717) is 11.7 Å². The normalized spacial score (nSPS) is 19.5. The molecule has 0 amide bonds. The molecule has 0 bridgehead atoms. The molecule has 2 aromatic rings. The molecule has 2 aliphatic rings. The quantitative estimate of drug-likeness (QED) is 0.683. The van der Waals surface area contributed by atoms with Gasteiger partial charge in [-0.2, -0.15) is 0 Å². The number of phenols is 2. The molecule has 0 spiro atoms. The number of phenolic OH excluding ortho intramolecular Hbond substituents is 2. The van der Waals surface area contributed by atoms with Gasteiger partial charge in [0.15, 0.2) is 0 Å². The Morgan fingerprint density at radius 3 is 2.54 bits per heavy atom. The van der Waals surface area contributed by atoms with Crippen molar-refractivity contribution in [1.29, 1.82) is 0 Å². The average molecular weight is 352 g/mol. The van der Waals surface area contributed by atoms with Gasteiger partial charge in [0, 0.05) is 22.6 Å². The van der Waals surface area contributed by atoms with Crippen LogP contribution in [-0.2, 0) is 6.42 Å². The van der Waals surface area contributed by atoms with E-state index in [1.54, 1.807) is 12.1 Å². The van der Waals surface area contributed by atoms with Crippen molar-refractivity contribution in [2.75, 3.05) is 0 Å². The molecular weight excluding hydrogens is 324 g/mol. The SMILES string of the molecule is CCCCc1c(O)ccc2c1C(C1CCCCC1)c1cc(O)ccc1O2. The minimum absolute atomic E-state index is 0.195. The summed E-state index contributed by atoms with van der Waals surface area (Å²) in [4.78, 5) is 0. The highest BCUT2D eigenvalue weighted by atomic mass is 16.5. The van der Waals surface area contributed by atoms with Gasteiger partial charge in [-0.25, -0.2) is 0 Å². The number of rotatable bonds is 4. The van der Waals surface area contributed by atoms with Crippen molar-refractivity contribution < 1.29 is 14.9 Å². The lowest BCUT2D eigenvalue weighted by atomic mass is 9.70. The number of benzene rings is 2. The first kappa shape index (κ1) is 17.3. The maximum atomic E-state index is 10.6. The van der Waals surface area contributed by atoms with Crippen LogP contribution in [0.3, 0.4) is 0 Å². The van der Waals surface area contributed by atoms with E-state index in [1.807, 2.05) is 18.2 Å². The van der Waals surface area contributed by atoms with Crippen LogP contribution in [0.1, 0.15) is 74.5 Å². The molecule has 1 aliphatic heterocycles. The molecule has 1 unspecified atom stereocenters. The zero-order valence-electron chi connectivity index (χ0n) is 15.5. The number of ether oxygens (including phenoxy) is 1. The summed E-state index contributed by atoms with van der Waals surface area (Å²) in [6.07, 6.45) is 9.23. The van der Waals surface area contributed by atoms with Gasteiger partial charge in [-0.3, -0.25) is 0 Å². The fourth-order valence-corrected chi connectivity index (χ4v) is 4.78. The summed E-state index contributed by atoms with van der Waals surface area (Å²) in [6, 6.07) is 9.12. The van der Waals surface area contributed by atoms with Gasteiger partial charge in [-0.1, -0.05) is 32.6 Å². The van der Waals surface area contributed by atoms with Gasteiger partial charge < -0.3 is 14.9 Å². The van der Waals surface area contributed by atoms with Crippen molar-refractivity contribution in [2.24, 2.45) is 5.92 Å². The number of hydrogen-bond donors (Lipinski definition) is 2. The van der Waals surface area contributed by atoms with E-state index in [-0.39, 0.29) is 11.7 Å².